The minimum Gasteiger partial charge on any atom is -0.396 e. The average molecular weight is 212 g/mol. The molecule has 1 rings (SSSR count). The van der Waals surface area contributed by atoms with E-state index in [1.54, 1.807) is 0 Å². The van der Waals surface area contributed by atoms with E-state index in [2.05, 4.69) is 0 Å². The summed E-state index contributed by atoms with van der Waals surface area (Å²) in [5, 5.41) is 0. The topological polar surface area (TPSA) is 52.0 Å². The zero-order valence-corrected chi connectivity index (χ0v) is 6.62. The van der Waals surface area contributed by atoms with Gasteiger partial charge in [0.1, 0.15) is 5.69 Å². The molecule has 0 bridgehead atoms. The van der Waals surface area contributed by atoms with Crippen LogP contribution in [0.4, 0.5) is 33.3 Å². The molecule has 0 fully saturated rings. The molecule has 1 aromatic rings. The first-order valence-corrected chi connectivity index (χ1v) is 3.35. The van der Waals surface area contributed by atoms with Crippen LogP contribution in [0.2, 0.25) is 0 Å². The van der Waals surface area contributed by atoms with Crippen molar-refractivity contribution in [2.45, 2.75) is 6.18 Å². The first kappa shape index (κ1) is 10.6. The Bertz CT molecular complexity index is 371. The Morgan fingerprint density at radius 2 is 1.50 bits per heavy atom. The van der Waals surface area contributed by atoms with E-state index in [4.69, 9.17) is 11.5 Å². The fourth-order valence-corrected chi connectivity index (χ4v) is 0.885. The average Bonchev–Trinajstić information content (AvgIpc) is 2.06. The summed E-state index contributed by atoms with van der Waals surface area (Å²) in [6.45, 7) is 0. The first-order chi connectivity index (χ1) is 6.25. The third-order valence-electron chi connectivity index (χ3n) is 1.57. The molecule has 78 valence electrons. The third kappa shape index (κ3) is 1.57. The first-order valence-electron chi connectivity index (χ1n) is 3.35. The van der Waals surface area contributed by atoms with Gasteiger partial charge in [-0.15, -0.1) is 0 Å². The van der Waals surface area contributed by atoms with Gasteiger partial charge in [0.25, 0.3) is 0 Å². The van der Waals surface area contributed by atoms with Gasteiger partial charge < -0.3 is 11.5 Å². The summed E-state index contributed by atoms with van der Waals surface area (Å²) >= 11 is 0. The molecule has 0 saturated carbocycles. The molecule has 7 heteroatoms. The SMILES string of the molecule is Nc1cc(C(F)(F)F)c(F)c(N)c1F. The molecule has 14 heavy (non-hydrogen) atoms. The molecule has 4 N–H and O–H groups in total. The molecule has 0 aliphatic heterocycles. The van der Waals surface area contributed by atoms with Crippen molar-refractivity contribution >= 4 is 11.4 Å². The number of nitrogen functional groups attached to an aromatic ring is 2. The van der Waals surface area contributed by atoms with E-state index < -0.39 is 34.7 Å². The summed E-state index contributed by atoms with van der Waals surface area (Å²) in [5.74, 6) is -3.22. The van der Waals surface area contributed by atoms with Gasteiger partial charge in [0.15, 0.2) is 11.6 Å². The van der Waals surface area contributed by atoms with Crippen LogP contribution in [0, 0.1) is 11.6 Å². The van der Waals surface area contributed by atoms with Gasteiger partial charge >= 0.3 is 6.18 Å². The van der Waals surface area contributed by atoms with Crippen molar-refractivity contribution in [2.75, 3.05) is 11.5 Å². The molecular weight excluding hydrogens is 207 g/mol. The normalized spacial score (nSPS) is 11.8. The second-order valence-electron chi connectivity index (χ2n) is 2.55. The number of hydrogen-bond donors (Lipinski definition) is 2. The van der Waals surface area contributed by atoms with Gasteiger partial charge in [-0.2, -0.15) is 13.2 Å². The molecule has 0 radical (unpaired) electrons. The van der Waals surface area contributed by atoms with E-state index in [1.807, 2.05) is 0 Å². The van der Waals surface area contributed by atoms with E-state index in [1.165, 1.54) is 0 Å². The Kier molecular flexibility index (Phi) is 2.26. The molecule has 2 nitrogen and oxygen atoms in total. The van der Waals surface area contributed by atoms with Crippen LogP contribution in [0.3, 0.4) is 0 Å². The molecule has 0 unspecified atom stereocenters. The van der Waals surface area contributed by atoms with Crippen molar-refractivity contribution in [1.29, 1.82) is 0 Å². The Morgan fingerprint density at radius 3 is 1.93 bits per heavy atom. The van der Waals surface area contributed by atoms with Crippen molar-refractivity contribution in [3.8, 4) is 0 Å². The van der Waals surface area contributed by atoms with E-state index in [-0.39, 0.29) is 6.07 Å². The van der Waals surface area contributed by atoms with Gasteiger partial charge in [-0.25, -0.2) is 8.78 Å². The predicted molar refractivity (Wildman–Crippen MR) is 40.2 cm³/mol. The van der Waals surface area contributed by atoms with E-state index in [9.17, 15) is 22.0 Å². The summed E-state index contributed by atoms with van der Waals surface area (Å²) in [6.07, 6.45) is -4.94. The maximum Gasteiger partial charge on any atom is 0.419 e. The van der Waals surface area contributed by atoms with Crippen molar-refractivity contribution in [1.82, 2.24) is 0 Å². The quantitative estimate of drug-likeness (QED) is 0.511. The Labute approximate surface area is 75.3 Å². The fraction of sp³-hybridized carbons (Fsp3) is 0.143. The molecule has 0 spiro atoms. The summed E-state index contributed by atoms with van der Waals surface area (Å²) < 4.78 is 61.7. The molecule has 1 aromatic carbocycles. The number of alkyl halides is 3. The number of anilines is 2. The zero-order chi connectivity index (χ0) is 11.1. The second-order valence-corrected chi connectivity index (χ2v) is 2.55. The summed E-state index contributed by atoms with van der Waals surface area (Å²) in [4.78, 5) is 0. The van der Waals surface area contributed by atoms with Gasteiger partial charge in [0.05, 0.1) is 11.3 Å². The highest BCUT2D eigenvalue weighted by Gasteiger charge is 2.36. The third-order valence-corrected chi connectivity index (χ3v) is 1.57. The number of nitrogens with two attached hydrogens (primary N) is 2. The second kappa shape index (κ2) is 3.00. The largest absolute Gasteiger partial charge is 0.419 e. The lowest BCUT2D eigenvalue weighted by Gasteiger charge is -2.11. The van der Waals surface area contributed by atoms with Crippen LogP contribution in [0.15, 0.2) is 6.07 Å². The van der Waals surface area contributed by atoms with Gasteiger partial charge in [0, 0.05) is 0 Å². The van der Waals surface area contributed by atoms with Crippen LogP contribution in [0.1, 0.15) is 5.56 Å². The highest BCUT2D eigenvalue weighted by Crippen LogP contribution is 2.36. The lowest BCUT2D eigenvalue weighted by Crippen LogP contribution is -2.12. The van der Waals surface area contributed by atoms with Crippen LogP contribution in [0.25, 0.3) is 0 Å². The molecular formula is C7H5F5N2. The molecule has 0 amide bonds. The number of benzene rings is 1. The lowest BCUT2D eigenvalue weighted by atomic mass is 10.1. The standard InChI is InChI=1S/C7H5F5N2/c8-4-2(7(10,11)12)1-3(13)5(9)6(4)14/h1H,13-14H2. The van der Waals surface area contributed by atoms with E-state index in [0.717, 1.165) is 0 Å². The number of hydrogen-bond acceptors (Lipinski definition) is 2. The van der Waals surface area contributed by atoms with Crippen LogP contribution < -0.4 is 11.5 Å². The predicted octanol–water partition coefficient (Wildman–Crippen LogP) is 2.15. The molecule has 0 saturated heterocycles. The van der Waals surface area contributed by atoms with E-state index >= 15 is 0 Å². The van der Waals surface area contributed by atoms with Crippen LogP contribution >= 0.6 is 0 Å². The van der Waals surface area contributed by atoms with Gasteiger partial charge in [-0.3, -0.25) is 0 Å². The Morgan fingerprint density at radius 1 is 1.00 bits per heavy atom. The van der Waals surface area contributed by atoms with Crippen molar-refractivity contribution in [3.05, 3.63) is 23.3 Å². The fourth-order valence-electron chi connectivity index (χ4n) is 0.885. The van der Waals surface area contributed by atoms with Crippen molar-refractivity contribution in [3.63, 3.8) is 0 Å². The summed E-state index contributed by atoms with van der Waals surface area (Å²) in [5.41, 5.74) is 5.88. The summed E-state index contributed by atoms with van der Waals surface area (Å²) in [7, 11) is 0. The maximum absolute atomic E-state index is 12.8. The Hall–Kier alpha value is -1.53. The summed E-state index contributed by atoms with van der Waals surface area (Å²) in [6, 6.07) is 0.168. The van der Waals surface area contributed by atoms with Crippen LogP contribution in [-0.2, 0) is 6.18 Å². The van der Waals surface area contributed by atoms with Gasteiger partial charge in [0.2, 0.25) is 0 Å². The smallest absolute Gasteiger partial charge is 0.396 e. The minimum absolute atomic E-state index is 0.168. The van der Waals surface area contributed by atoms with Crippen molar-refractivity contribution < 1.29 is 22.0 Å². The zero-order valence-electron chi connectivity index (χ0n) is 6.62. The molecule has 0 atom stereocenters. The Balaban J connectivity index is 3.49. The maximum atomic E-state index is 12.8. The van der Waals surface area contributed by atoms with Crippen LogP contribution in [0.5, 0.6) is 0 Å². The number of halogens is 5. The van der Waals surface area contributed by atoms with Gasteiger partial charge in [-0.1, -0.05) is 0 Å². The highest BCUT2D eigenvalue weighted by atomic mass is 19.4. The monoisotopic (exact) mass is 212 g/mol. The molecule has 0 aromatic heterocycles. The molecule has 0 aliphatic carbocycles. The highest BCUT2D eigenvalue weighted by molar-refractivity contribution is 5.58. The number of rotatable bonds is 0. The van der Waals surface area contributed by atoms with Crippen molar-refractivity contribution in [2.24, 2.45) is 0 Å². The van der Waals surface area contributed by atoms with Gasteiger partial charge in [-0.05, 0) is 6.07 Å². The lowest BCUT2D eigenvalue weighted by molar-refractivity contribution is -0.139. The van der Waals surface area contributed by atoms with Crippen LogP contribution in [-0.4, -0.2) is 0 Å². The van der Waals surface area contributed by atoms with E-state index in [0.29, 0.717) is 0 Å². The minimum atomic E-state index is -4.94. The molecule has 0 aliphatic rings. The molecule has 0 heterocycles.